The van der Waals surface area contributed by atoms with E-state index in [1.165, 1.54) is 0 Å². The summed E-state index contributed by atoms with van der Waals surface area (Å²) in [6.45, 7) is 3.66. The van der Waals surface area contributed by atoms with Gasteiger partial charge < -0.3 is 20.7 Å². The molecule has 0 aromatic carbocycles. The lowest BCUT2D eigenvalue weighted by Gasteiger charge is -2.39. The molecule has 2 fully saturated rings. The first-order chi connectivity index (χ1) is 9.65. The third kappa shape index (κ3) is 3.30. The van der Waals surface area contributed by atoms with E-state index in [1.54, 1.807) is 4.90 Å². The summed E-state index contributed by atoms with van der Waals surface area (Å²) >= 11 is 0. The maximum atomic E-state index is 12.7. The van der Waals surface area contributed by atoms with Crippen molar-refractivity contribution in [3.05, 3.63) is 0 Å². The van der Waals surface area contributed by atoms with Crippen molar-refractivity contribution in [1.29, 1.82) is 0 Å². The van der Waals surface area contributed by atoms with E-state index in [2.05, 4.69) is 5.32 Å². The van der Waals surface area contributed by atoms with Crippen LogP contribution in [0.2, 0.25) is 0 Å². The molecule has 6 heteroatoms. The van der Waals surface area contributed by atoms with E-state index >= 15 is 0 Å². The fraction of sp³-hybridized carbons (Fsp3) is 0.857. The summed E-state index contributed by atoms with van der Waals surface area (Å²) in [6, 6.07) is -0.584. The zero-order valence-corrected chi connectivity index (χ0v) is 12.1. The van der Waals surface area contributed by atoms with E-state index in [1.807, 2.05) is 6.92 Å². The molecule has 0 spiro atoms. The second kappa shape index (κ2) is 7.04. The van der Waals surface area contributed by atoms with Crippen molar-refractivity contribution >= 4 is 11.8 Å². The predicted molar refractivity (Wildman–Crippen MR) is 74.9 cm³/mol. The molecule has 1 saturated heterocycles. The molecule has 114 valence electrons. The number of nitrogens with one attached hydrogen (secondary N) is 1. The van der Waals surface area contributed by atoms with Gasteiger partial charge in [-0.15, -0.1) is 0 Å². The van der Waals surface area contributed by atoms with Crippen LogP contribution in [0, 0.1) is 5.92 Å². The van der Waals surface area contributed by atoms with Gasteiger partial charge in [0, 0.05) is 19.1 Å². The summed E-state index contributed by atoms with van der Waals surface area (Å²) in [5, 5.41) is 2.77. The Morgan fingerprint density at radius 1 is 1.35 bits per heavy atom. The number of carbonyl (C=O) groups excluding carboxylic acids is 2. The van der Waals surface area contributed by atoms with Crippen LogP contribution in [0.3, 0.4) is 0 Å². The van der Waals surface area contributed by atoms with Gasteiger partial charge in [0.25, 0.3) is 0 Å². The van der Waals surface area contributed by atoms with Gasteiger partial charge in [0.1, 0.15) is 6.04 Å². The lowest BCUT2D eigenvalue weighted by Crippen LogP contribution is -2.58. The molecular formula is C14H25N3O3. The molecule has 1 aliphatic heterocycles. The molecule has 0 aromatic rings. The fourth-order valence-corrected chi connectivity index (χ4v) is 3.06. The molecule has 6 nitrogen and oxygen atoms in total. The van der Waals surface area contributed by atoms with Crippen LogP contribution in [0.25, 0.3) is 0 Å². The molecule has 2 amide bonds. The normalized spacial score (nSPS) is 30.9. The Balaban J connectivity index is 2.06. The minimum absolute atomic E-state index is 0.0248. The van der Waals surface area contributed by atoms with E-state index in [9.17, 15) is 9.59 Å². The molecule has 1 aliphatic carbocycles. The molecule has 1 saturated carbocycles. The number of rotatable bonds is 3. The predicted octanol–water partition coefficient (Wildman–Crippen LogP) is -0.133. The minimum Gasteiger partial charge on any atom is -0.377 e. The molecule has 0 bridgehead atoms. The van der Waals surface area contributed by atoms with Crippen LogP contribution in [-0.2, 0) is 14.3 Å². The summed E-state index contributed by atoms with van der Waals surface area (Å²) in [6.07, 6.45) is 3.86. The van der Waals surface area contributed by atoms with Gasteiger partial charge in [0.2, 0.25) is 11.8 Å². The highest BCUT2D eigenvalue weighted by Gasteiger charge is 2.38. The Morgan fingerprint density at radius 3 is 2.80 bits per heavy atom. The first kappa shape index (κ1) is 15.3. The van der Waals surface area contributed by atoms with Gasteiger partial charge in [-0.3, -0.25) is 9.59 Å². The largest absolute Gasteiger partial charge is 0.377 e. The van der Waals surface area contributed by atoms with Crippen LogP contribution in [-0.4, -0.2) is 55.1 Å². The molecule has 2 rings (SSSR count). The van der Waals surface area contributed by atoms with E-state index < -0.39 is 6.04 Å². The van der Waals surface area contributed by atoms with Crippen molar-refractivity contribution in [2.45, 2.75) is 44.7 Å². The molecule has 3 N–H and O–H groups in total. The van der Waals surface area contributed by atoms with Crippen LogP contribution in [0.5, 0.6) is 0 Å². The average Bonchev–Trinajstić information content (AvgIpc) is 2.47. The maximum Gasteiger partial charge on any atom is 0.245 e. The van der Waals surface area contributed by atoms with Crippen molar-refractivity contribution in [2.24, 2.45) is 11.7 Å². The SMILES string of the molecule is CCNC(=O)C1COCCN1C(=O)C1CCCCC1N. The van der Waals surface area contributed by atoms with Gasteiger partial charge in [0.15, 0.2) is 0 Å². The zero-order chi connectivity index (χ0) is 14.5. The van der Waals surface area contributed by atoms with Gasteiger partial charge >= 0.3 is 0 Å². The molecule has 0 radical (unpaired) electrons. The van der Waals surface area contributed by atoms with Crippen molar-refractivity contribution in [1.82, 2.24) is 10.2 Å². The topological polar surface area (TPSA) is 84.7 Å². The lowest BCUT2D eigenvalue weighted by atomic mass is 9.84. The van der Waals surface area contributed by atoms with Gasteiger partial charge in [-0.05, 0) is 19.8 Å². The third-order valence-electron chi connectivity index (χ3n) is 4.20. The van der Waals surface area contributed by atoms with Crippen LogP contribution in [0.1, 0.15) is 32.6 Å². The Morgan fingerprint density at radius 2 is 2.10 bits per heavy atom. The van der Waals surface area contributed by atoms with Crippen molar-refractivity contribution in [3.8, 4) is 0 Å². The van der Waals surface area contributed by atoms with Gasteiger partial charge in [0.05, 0.1) is 19.1 Å². The fourth-order valence-electron chi connectivity index (χ4n) is 3.06. The zero-order valence-electron chi connectivity index (χ0n) is 12.1. The third-order valence-corrected chi connectivity index (χ3v) is 4.20. The van der Waals surface area contributed by atoms with E-state index in [-0.39, 0.29) is 30.4 Å². The second-order valence-corrected chi connectivity index (χ2v) is 5.57. The Kier molecular flexibility index (Phi) is 5.37. The summed E-state index contributed by atoms with van der Waals surface area (Å²) in [4.78, 5) is 26.4. The molecule has 1 heterocycles. The van der Waals surface area contributed by atoms with Crippen molar-refractivity contribution in [2.75, 3.05) is 26.3 Å². The quantitative estimate of drug-likeness (QED) is 0.755. The van der Waals surface area contributed by atoms with Crippen molar-refractivity contribution in [3.63, 3.8) is 0 Å². The maximum absolute atomic E-state index is 12.7. The smallest absolute Gasteiger partial charge is 0.245 e. The van der Waals surface area contributed by atoms with Gasteiger partial charge in [-0.2, -0.15) is 0 Å². The second-order valence-electron chi connectivity index (χ2n) is 5.57. The monoisotopic (exact) mass is 283 g/mol. The highest BCUT2D eigenvalue weighted by molar-refractivity contribution is 5.89. The van der Waals surface area contributed by atoms with Crippen LogP contribution >= 0.6 is 0 Å². The number of carbonyl (C=O) groups is 2. The first-order valence-electron chi connectivity index (χ1n) is 7.56. The first-order valence-corrected chi connectivity index (χ1v) is 7.56. The molecule has 20 heavy (non-hydrogen) atoms. The van der Waals surface area contributed by atoms with Gasteiger partial charge in [-0.25, -0.2) is 0 Å². The van der Waals surface area contributed by atoms with Crippen molar-refractivity contribution < 1.29 is 14.3 Å². The number of hydrogen-bond donors (Lipinski definition) is 2. The number of hydrogen-bond acceptors (Lipinski definition) is 4. The minimum atomic E-state index is -0.509. The summed E-state index contributed by atoms with van der Waals surface area (Å²) < 4.78 is 5.36. The van der Waals surface area contributed by atoms with Gasteiger partial charge in [-0.1, -0.05) is 12.8 Å². The van der Waals surface area contributed by atoms with E-state index in [0.29, 0.717) is 19.7 Å². The number of amides is 2. The summed E-state index contributed by atoms with van der Waals surface area (Å²) in [5.74, 6) is -0.250. The molecule has 3 unspecified atom stereocenters. The number of ether oxygens (including phenoxy) is 1. The Hall–Kier alpha value is -1.14. The molecule has 0 aromatic heterocycles. The standard InChI is InChI=1S/C14H25N3O3/c1-2-16-13(18)12-9-20-8-7-17(12)14(19)10-5-3-4-6-11(10)15/h10-12H,2-9,15H2,1H3,(H,16,18). The molecule has 3 atom stereocenters. The van der Waals surface area contributed by atoms with Crippen LogP contribution in [0.15, 0.2) is 0 Å². The van der Waals surface area contributed by atoms with E-state index in [4.69, 9.17) is 10.5 Å². The number of morpholine rings is 1. The number of likely N-dealkylation sites (N-methyl/N-ethyl adjacent to an activating group) is 1. The highest BCUT2D eigenvalue weighted by atomic mass is 16.5. The Labute approximate surface area is 120 Å². The lowest BCUT2D eigenvalue weighted by molar-refractivity contribution is -0.152. The summed E-state index contributed by atoms with van der Waals surface area (Å²) in [7, 11) is 0. The van der Waals surface area contributed by atoms with Crippen LogP contribution < -0.4 is 11.1 Å². The van der Waals surface area contributed by atoms with E-state index in [0.717, 1.165) is 25.7 Å². The number of nitrogens with zero attached hydrogens (tertiary/aromatic N) is 1. The molecular weight excluding hydrogens is 258 g/mol. The Bertz CT molecular complexity index is 362. The average molecular weight is 283 g/mol. The highest BCUT2D eigenvalue weighted by Crippen LogP contribution is 2.26. The molecule has 2 aliphatic rings. The summed E-state index contributed by atoms with van der Waals surface area (Å²) in [5.41, 5.74) is 6.09. The van der Waals surface area contributed by atoms with Crippen LogP contribution in [0.4, 0.5) is 0 Å². The number of nitrogens with two attached hydrogens (primary N) is 1.